The van der Waals surface area contributed by atoms with Gasteiger partial charge in [-0.25, -0.2) is 4.98 Å². The van der Waals surface area contributed by atoms with Gasteiger partial charge in [-0.1, -0.05) is 36.9 Å². The minimum absolute atomic E-state index is 0.360. The molecule has 0 radical (unpaired) electrons. The number of aryl methyl sites for hydroxylation is 1. The van der Waals surface area contributed by atoms with Gasteiger partial charge in [-0.3, -0.25) is 25.0 Å². The Balaban J connectivity index is 1.67. The van der Waals surface area contributed by atoms with E-state index >= 15 is 0 Å². The highest BCUT2D eigenvalue weighted by molar-refractivity contribution is 7.98. The maximum absolute atomic E-state index is 12.4. The minimum Gasteiger partial charge on any atom is -0.295 e. The molecule has 27 heavy (non-hydrogen) atoms. The van der Waals surface area contributed by atoms with Crippen LogP contribution in [-0.4, -0.2) is 27.6 Å². The summed E-state index contributed by atoms with van der Waals surface area (Å²) in [7, 11) is 0. The molecule has 0 saturated heterocycles. The van der Waals surface area contributed by atoms with Crippen molar-refractivity contribution in [3.05, 3.63) is 77.6 Å². The third-order valence-electron chi connectivity index (χ3n) is 4.09. The lowest BCUT2D eigenvalue weighted by Gasteiger charge is -2.10. The number of rotatable bonds is 5. The number of thioether (sulfide) groups is 1. The molecule has 0 aliphatic heterocycles. The zero-order chi connectivity index (χ0) is 19.2. The number of amides is 2. The van der Waals surface area contributed by atoms with Gasteiger partial charge in [-0.15, -0.1) is 0 Å². The molecule has 0 bridgehead atoms. The summed E-state index contributed by atoms with van der Waals surface area (Å²) in [6, 6.07) is 14.4. The fourth-order valence-corrected chi connectivity index (χ4v) is 3.11. The molecule has 2 N–H and O–H groups in total. The molecule has 0 atom stereocenters. The van der Waals surface area contributed by atoms with E-state index in [0.717, 1.165) is 22.8 Å². The average molecular weight is 380 g/mol. The summed E-state index contributed by atoms with van der Waals surface area (Å²) in [5, 5.41) is 0.830. The number of hydrazine groups is 1. The van der Waals surface area contributed by atoms with Gasteiger partial charge in [0.05, 0.1) is 0 Å². The van der Waals surface area contributed by atoms with Crippen molar-refractivity contribution >= 4 is 23.6 Å². The van der Waals surface area contributed by atoms with Gasteiger partial charge >= 0.3 is 0 Å². The zero-order valence-corrected chi connectivity index (χ0v) is 15.9. The minimum atomic E-state index is -0.388. The van der Waals surface area contributed by atoms with E-state index < -0.39 is 0 Å². The fourth-order valence-electron chi connectivity index (χ4n) is 2.58. The lowest BCUT2D eigenvalue weighted by molar-refractivity contribution is 0.0846. The zero-order valence-electron chi connectivity index (χ0n) is 15.1. The van der Waals surface area contributed by atoms with E-state index in [9.17, 15) is 9.59 Å². The van der Waals surface area contributed by atoms with Crippen molar-refractivity contribution in [3.8, 4) is 5.69 Å². The highest BCUT2D eigenvalue weighted by atomic mass is 32.2. The number of nitrogens with one attached hydrogen (secondary N) is 2. The first-order chi connectivity index (χ1) is 13.1. The number of carbonyl (C=O) groups excluding carboxylic acids is 2. The molecule has 1 aromatic heterocycles. The number of imidazole rings is 1. The number of hydrogen-bond acceptors (Lipinski definition) is 4. The second kappa shape index (κ2) is 8.55. The van der Waals surface area contributed by atoms with Crippen molar-refractivity contribution in [1.82, 2.24) is 20.4 Å². The maximum atomic E-state index is 12.4. The van der Waals surface area contributed by atoms with Crippen LogP contribution in [0.5, 0.6) is 0 Å². The predicted molar refractivity (Wildman–Crippen MR) is 106 cm³/mol. The first-order valence-electron chi connectivity index (χ1n) is 8.49. The number of carbonyl (C=O) groups is 2. The average Bonchev–Trinajstić information content (AvgIpc) is 3.21. The number of nitrogens with zero attached hydrogens (tertiary/aromatic N) is 2. The molecule has 0 unspecified atom stereocenters. The van der Waals surface area contributed by atoms with Gasteiger partial charge in [0.2, 0.25) is 0 Å². The van der Waals surface area contributed by atoms with E-state index in [2.05, 4.69) is 22.8 Å². The van der Waals surface area contributed by atoms with Crippen LogP contribution in [0.1, 0.15) is 33.2 Å². The third kappa shape index (κ3) is 4.38. The SMILES string of the molecule is CCc1ccc(C(=O)NNC(=O)c2cccc(-n3ccnc3SC)c2)cc1. The predicted octanol–water partition coefficient (Wildman–Crippen LogP) is 3.23. The van der Waals surface area contributed by atoms with E-state index in [1.54, 1.807) is 36.5 Å². The molecule has 2 aromatic carbocycles. The van der Waals surface area contributed by atoms with Crippen LogP contribution in [-0.2, 0) is 6.42 Å². The molecule has 0 saturated carbocycles. The first kappa shape index (κ1) is 18.7. The molecule has 7 heteroatoms. The standard InChI is InChI=1S/C20H20N4O2S/c1-3-14-7-9-15(10-8-14)18(25)22-23-19(26)16-5-4-6-17(13-16)24-12-11-21-20(24)27-2/h4-13H,3H2,1-2H3,(H,22,25)(H,23,26). The lowest BCUT2D eigenvalue weighted by atomic mass is 10.1. The molecule has 0 aliphatic carbocycles. The van der Waals surface area contributed by atoms with Crippen LogP contribution in [0.2, 0.25) is 0 Å². The summed E-state index contributed by atoms with van der Waals surface area (Å²) in [5.74, 6) is -0.748. The molecule has 3 aromatic rings. The van der Waals surface area contributed by atoms with Crippen molar-refractivity contribution < 1.29 is 9.59 Å². The Morgan fingerprint density at radius 2 is 1.74 bits per heavy atom. The van der Waals surface area contributed by atoms with Gasteiger partial charge in [0.15, 0.2) is 5.16 Å². The van der Waals surface area contributed by atoms with Gasteiger partial charge in [-0.2, -0.15) is 0 Å². The van der Waals surface area contributed by atoms with Crippen molar-refractivity contribution in [1.29, 1.82) is 0 Å². The Hall–Kier alpha value is -3.06. The Morgan fingerprint density at radius 1 is 1.04 bits per heavy atom. The van der Waals surface area contributed by atoms with Crippen LogP contribution >= 0.6 is 11.8 Å². The maximum Gasteiger partial charge on any atom is 0.269 e. The summed E-state index contributed by atoms with van der Waals surface area (Å²) >= 11 is 1.52. The van der Waals surface area contributed by atoms with Gasteiger partial charge < -0.3 is 0 Å². The normalized spacial score (nSPS) is 10.4. The summed E-state index contributed by atoms with van der Waals surface area (Å²) in [4.78, 5) is 28.8. The van der Waals surface area contributed by atoms with Crippen LogP contribution in [0.3, 0.4) is 0 Å². The molecule has 138 valence electrons. The molecule has 0 spiro atoms. The van der Waals surface area contributed by atoms with Crippen molar-refractivity contribution in [3.63, 3.8) is 0 Å². The van der Waals surface area contributed by atoms with Gasteiger partial charge in [-0.05, 0) is 48.6 Å². The van der Waals surface area contributed by atoms with Gasteiger partial charge in [0, 0.05) is 29.2 Å². The van der Waals surface area contributed by atoms with E-state index in [0.29, 0.717) is 11.1 Å². The second-order valence-electron chi connectivity index (χ2n) is 5.79. The highest BCUT2D eigenvalue weighted by Crippen LogP contribution is 2.18. The lowest BCUT2D eigenvalue weighted by Crippen LogP contribution is -2.41. The molecule has 1 heterocycles. The Kier molecular flexibility index (Phi) is 5.93. The van der Waals surface area contributed by atoms with Crippen molar-refractivity contribution in [2.24, 2.45) is 0 Å². The van der Waals surface area contributed by atoms with Crippen molar-refractivity contribution in [2.75, 3.05) is 6.26 Å². The molecule has 6 nitrogen and oxygen atoms in total. The van der Waals surface area contributed by atoms with E-state index in [1.807, 2.05) is 35.2 Å². The Bertz CT molecular complexity index is 951. The molecule has 0 aliphatic rings. The largest absolute Gasteiger partial charge is 0.295 e. The summed E-state index contributed by atoms with van der Waals surface area (Å²) in [6.07, 6.45) is 6.40. The van der Waals surface area contributed by atoms with Crippen LogP contribution in [0, 0.1) is 0 Å². The van der Waals surface area contributed by atoms with Crippen LogP contribution in [0.4, 0.5) is 0 Å². The Morgan fingerprint density at radius 3 is 2.41 bits per heavy atom. The van der Waals surface area contributed by atoms with E-state index in [-0.39, 0.29) is 11.8 Å². The Labute approximate surface area is 162 Å². The second-order valence-corrected chi connectivity index (χ2v) is 6.57. The topological polar surface area (TPSA) is 76.0 Å². The number of hydrogen-bond donors (Lipinski definition) is 2. The molecular formula is C20H20N4O2S. The van der Waals surface area contributed by atoms with Crippen LogP contribution in [0.15, 0.2) is 66.1 Å². The van der Waals surface area contributed by atoms with Crippen molar-refractivity contribution in [2.45, 2.75) is 18.5 Å². The molecular weight excluding hydrogens is 360 g/mol. The highest BCUT2D eigenvalue weighted by Gasteiger charge is 2.11. The van der Waals surface area contributed by atoms with E-state index in [1.165, 1.54) is 11.8 Å². The smallest absolute Gasteiger partial charge is 0.269 e. The summed E-state index contributed by atoms with van der Waals surface area (Å²) < 4.78 is 1.90. The molecule has 3 rings (SSSR count). The molecule has 2 amide bonds. The summed E-state index contributed by atoms with van der Waals surface area (Å²) in [6.45, 7) is 2.05. The van der Waals surface area contributed by atoms with Crippen LogP contribution in [0.25, 0.3) is 5.69 Å². The number of aromatic nitrogens is 2. The fraction of sp³-hybridized carbons (Fsp3) is 0.150. The van der Waals surface area contributed by atoms with Gasteiger partial charge in [0.25, 0.3) is 11.8 Å². The quantitative estimate of drug-likeness (QED) is 0.526. The monoisotopic (exact) mass is 380 g/mol. The number of benzene rings is 2. The summed E-state index contributed by atoms with van der Waals surface area (Å²) in [5.41, 5.74) is 7.81. The van der Waals surface area contributed by atoms with E-state index in [4.69, 9.17) is 0 Å². The molecule has 0 fully saturated rings. The third-order valence-corrected chi connectivity index (χ3v) is 4.76. The first-order valence-corrected chi connectivity index (χ1v) is 9.72. The van der Waals surface area contributed by atoms with Gasteiger partial charge in [0.1, 0.15) is 0 Å². The van der Waals surface area contributed by atoms with Crippen LogP contribution < -0.4 is 10.9 Å².